The molecular weight excluding hydrogens is 208 g/mol. The Labute approximate surface area is 98.3 Å². The summed E-state index contributed by atoms with van der Waals surface area (Å²) < 4.78 is 10.3. The van der Waals surface area contributed by atoms with Gasteiger partial charge in [0.1, 0.15) is 6.61 Å². The zero-order chi connectivity index (χ0) is 12.4. The zero-order valence-electron chi connectivity index (χ0n) is 10.9. The molecule has 0 saturated heterocycles. The van der Waals surface area contributed by atoms with E-state index in [1.165, 1.54) is 0 Å². The molecule has 0 bridgehead atoms. The number of esters is 1. The Morgan fingerprint density at radius 1 is 0.938 bits per heavy atom. The third-order valence-electron chi connectivity index (χ3n) is 1.93. The maximum atomic E-state index is 11.2. The van der Waals surface area contributed by atoms with E-state index in [9.17, 15) is 4.79 Å². The van der Waals surface area contributed by atoms with Gasteiger partial charge in [0.25, 0.3) is 0 Å². The first-order valence-corrected chi connectivity index (χ1v) is 5.55. The molecule has 0 aromatic heterocycles. The van der Waals surface area contributed by atoms with Crippen LogP contribution in [-0.2, 0) is 14.3 Å². The molecule has 0 aromatic rings. The first kappa shape index (κ1) is 15.3. The summed E-state index contributed by atoms with van der Waals surface area (Å²) in [6.07, 6.45) is 0.334. The molecule has 0 amide bonds. The molecule has 0 rings (SSSR count). The second kappa shape index (κ2) is 9.57. The van der Waals surface area contributed by atoms with Gasteiger partial charge in [-0.1, -0.05) is 0 Å². The van der Waals surface area contributed by atoms with Crippen LogP contribution in [0.4, 0.5) is 0 Å². The summed E-state index contributed by atoms with van der Waals surface area (Å²) in [5.41, 5.74) is 0. The second-order valence-corrected chi connectivity index (χ2v) is 4.19. The van der Waals surface area contributed by atoms with E-state index in [-0.39, 0.29) is 5.97 Å². The third-order valence-corrected chi connectivity index (χ3v) is 1.93. The van der Waals surface area contributed by atoms with Gasteiger partial charge >= 0.3 is 5.97 Å². The highest BCUT2D eigenvalue weighted by Crippen LogP contribution is 1.89. The fourth-order valence-electron chi connectivity index (χ4n) is 0.919. The monoisotopic (exact) mass is 232 g/mol. The van der Waals surface area contributed by atoms with Crippen LogP contribution in [0.1, 0.15) is 6.42 Å². The number of rotatable bonds is 9. The van der Waals surface area contributed by atoms with Crippen molar-refractivity contribution in [1.82, 2.24) is 9.80 Å². The number of carbonyl (C=O) groups is 1. The van der Waals surface area contributed by atoms with Gasteiger partial charge in [0.15, 0.2) is 0 Å². The summed E-state index contributed by atoms with van der Waals surface area (Å²) in [5.74, 6) is -0.188. The molecule has 0 heterocycles. The van der Waals surface area contributed by atoms with Crippen molar-refractivity contribution >= 4 is 5.97 Å². The summed E-state index contributed by atoms with van der Waals surface area (Å²) in [5, 5.41) is 0. The molecule has 16 heavy (non-hydrogen) atoms. The fourth-order valence-corrected chi connectivity index (χ4v) is 0.919. The van der Waals surface area contributed by atoms with Gasteiger partial charge in [0.2, 0.25) is 0 Å². The van der Waals surface area contributed by atoms with Crippen molar-refractivity contribution in [2.45, 2.75) is 6.42 Å². The van der Waals surface area contributed by atoms with Crippen LogP contribution >= 0.6 is 0 Å². The van der Waals surface area contributed by atoms with Crippen LogP contribution in [-0.4, -0.2) is 76.9 Å². The van der Waals surface area contributed by atoms with Crippen LogP contribution in [0, 0.1) is 0 Å². The quantitative estimate of drug-likeness (QED) is 0.415. The van der Waals surface area contributed by atoms with E-state index in [0.717, 1.165) is 13.1 Å². The Balaban J connectivity index is 3.24. The smallest absolute Gasteiger partial charge is 0.308 e. The standard InChI is InChI=1S/C11H24N2O3/c1-12(2)6-9-15-8-5-11(14)16-10-7-13(3)4/h5-10H2,1-4H3. The van der Waals surface area contributed by atoms with E-state index in [4.69, 9.17) is 9.47 Å². The fraction of sp³-hybridized carbons (Fsp3) is 0.909. The lowest BCUT2D eigenvalue weighted by Gasteiger charge is -2.11. The molecule has 0 unspecified atom stereocenters. The zero-order valence-corrected chi connectivity index (χ0v) is 10.9. The molecule has 5 heteroatoms. The van der Waals surface area contributed by atoms with Crippen LogP contribution in [0.5, 0.6) is 0 Å². The molecule has 0 aliphatic heterocycles. The summed E-state index contributed by atoms with van der Waals surface area (Å²) in [4.78, 5) is 15.2. The van der Waals surface area contributed by atoms with Crippen molar-refractivity contribution in [2.75, 3.05) is 61.1 Å². The van der Waals surface area contributed by atoms with Gasteiger partial charge < -0.3 is 19.3 Å². The lowest BCUT2D eigenvalue weighted by atomic mass is 10.4. The molecule has 96 valence electrons. The Hall–Kier alpha value is -0.650. The van der Waals surface area contributed by atoms with E-state index in [1.54, 1.807) is 0 Å². The van der Waals surface area contributed by atoms with Crippen molar-refractivity contribution in [3.63, 3.8) is 0 Å². The van der Waals surface area contributed by atoms with Crippen LogP contribution in [0.3, 0.4) is 0 Å². The molecule has 0 fully saturated rings. The minimum Gasteiger partial charge on any atom is -0.464 e. The molecule has 0 spiro atoms. The van der Waals surface area contributed by atoms with Crippen molar-refractivity contribution in [3.05, 3.63) is 0 Å². The Bertz CT molecular complexity index is 184. The first-order valence-electron chi connectivity index (χ1n) is 5.55. The number of carbonyl (C=O) groups excluding carboxylic acids is 1. The van der Waals surface area contributed by atoms with Crippen molar-refractivity contribution in [1.29, 1.82) is 0 Å². The largest absolute Gasteiger partial charge is 0.464 e. The van der Waals surface area contributed by atoms with Gasteiger partial charge in [-0.15, -0.1) is 0 Å². The maximum Gasteiger partial charge on any atom is 0.308 e. The van der Waals surface area contributed by atoms with Gasteiger partial charge in [-0.05, 0) is 28.2 Å². The first-order chi connectivity index (χ1) is 7.52. The predicted molar refractivity (Wildman–Crippen MR) is 63.5 cm³/mol. The lowest BCUT2D eigenvalue weighted by Crippen LogP contribution is -2.21. The summed E-state index contributed by atoms with van der Waals surface area (Å²) in [6, 6.07) is 0. The van der Waals surface area contributed by atoms with Crippen LogP contribution in [0.15, 0.2) is 0 Å². The van der Waals surface area contributed by atoms with E-state index in [2.05, 4.69) is 0 Å². The summed E-state index contributed by atoms with van der Waals surface area (Å²) in [6.45, 7) is 3.17. The minimum atomic E-state index is -0.188. The van der Waals surface area contributed by atoms with Gasteiger partial charge in [0.05, 0.1) is 19.6 Å². The highest BCUT2D eigenvalue weighted by molar-refractivity contribution is 5.69. The predicted octanol–water partition coefficient (Wildman–Crippen LogP) is 0.0595. The number of hydrogen-bond acceptors (Lipinski definition) is 5. The van der Waals surface area contributed by atoms with Gasteiger partial charge in [-0.25, -0.2) is 0 Å². The average molecular weight is 232 g/mol. The molecule has 0 aliphatic carbocycles. The normalized spacial score (nSPS) is 11.1. The molecule has 5 nitrogen and oxygen atoms in total. The topological polar surface area (TPSA) is 42.0 Å². The molecule has 0 aromatic carbocycles. The molecule has 0 atom stereocenters. The third kappa shape index (κ3) is 11.4. The van der Waals surface area contributed by atoms with Gasteiger partial charge in [-0.2, -0.15) is 0 Å². The molecule has 0 radical (unpaired) electrons. The summed E-state index contributed by atoms with van der Waals surface area (Å²) >= 11 is 0. The summed E-state index contributed by atoms with van der Waals surface area (Å²) in [7, 11) is 7.86. The molecular formula is C11H24N2O3. The van der Waals surface area contributed by atoms with Crippen LogP contribution in [0.2, 0.25) is 0 Å². The van der Waals surface area contributed by atoms with Crippen LogP contribution in [0.25, 0.3) is 0 Å². The van der Waals surface area contributed by atoms with Crippen LogP contribution < -0.4 is 0 Å². The SMILES string of the molecule is CN(C)CCOCCC(=O)OCCN(C)C. The van der Waals surface area contributed by atoms with Crippen molar-refractivity contribution < 1.29 is 14.3 Å². The highest BCUT2D eigenvalue weighted by atomic mass is 16.5. The Morgan fingerprint density at radius 3 is 2.06 bits per heavy atom. The Kier molecular flexibility index (Phi) is 9.18. The number of likely N-dealkylation sites (N-methyl/N-ethyl adjacent to an activating group) is 2. The van der Waals surface area contributed by atoms with E-state index >= 15 is 0 Å². The lowest BCUT2D eigenvalue weighted by molar-refractivity contribution is -0.145. The Morgan fingerprint density at radius 2 is 1.50 bits per heavy atom. The number of nitrogens with zero attached hydrogens (tertiary/aromatic N) is 2. The number of hydrogen-bond donors (Lipinski definition) is 0. The second-order valence-electron chi connectivity index (χ2n) is 4.19. The number of ether oxygens (including phenoxy) is 2. The maximum absolute atomic E-state index is 11.2. The average Bonchev–Trinajstić information content (AvgIpc) is 2.16. The van der Waals surface area contributed by atoms with E-state index in [0.29, 0.717) is 26.2 Å². The minimum absolute atomic E-state index is 0.188. The van der Waals surface area contributed by atoms with E-state index in [1.807, 2.05) is 38.0 Å². The van der Waals surface area contributed by atoms with Crippen molar-refractivity contribution in [2.24, 2.45) is 0 Å². The van der Waals surface area contributed by atoms with E-state index < -0.39 is 0 Å². The molecule has 0 aliphatic rings. The molecule has 0 N–H and O–H groups in total. The highest BCUT2D eigenvalue weighted by Gasteiger charge is 2.02. The molecule has 0 saturated carbocycles. The van der Waals surface area contributed by atoms with Gasteiger partial charge in [0, 0.05) is 13.1 Å². The van der Waals surface area contributed by atoms with Gasteiger partial charge in [-0.3, -0.25) is 4.79 Å². The van der Waals surface area contributed by atoms with Crippen molar-refractivity contribution in [3.8, 4) is 0 Å².